The summed E-state index contributed by atoms with van der Waals surface area (Å²) >= 11 is 3.26. The highest BCUT2D eigenvalue weighted by Crippen LogP contribution is 2.50. The molecule has 0 unspecified atom stereocenters. The van der Waals surface area contributed by atoms with Crippen molar-refractivity contribution in [3.05, 3.63) is 33.5 Å². The molecule has 0 heterocycles. The Labute approximate surface area is 95.3 Å². The molecule has 1 saturated carbocycles. The maximum Gasteiger partial charge on any atom is 0.235 e. The fourth-order valence-electron chi connectivity index (χ4n) is 1.66. The smallest absolute Gasteiger partial charge is 0.211 e. The molecule has 0 radical (unpaired) electrons. The molecule has 0 spiro atoms. The van der Waals surface area contributed by atoms with Gasteiger partial charge in [-0.2, -0.15) is 4.99 Å². The molecule has 1 aliphatic carbocycles. The number of hydrogen-bond donors (Lipinski definition) is 0. The van der Waals surface area contributed by atoms with Crippen LogP contribution in [0.15, 0.2) is 21.6 Å². The molecule has 1 aromatic carbocycles. The van der Waals surface area contributed by atoms with Gasteiger partial charge in [0, 0.05) is 10.0 Å². The van der Waals surface area contributed by atoms with E-state index >= 15 is 0 Å². The number of aliphatic imine (C=N–C) groups is 1. The van der Waals surface area contributed by atoms with Crippen molar-refractivity contribution in [1.29, 1.82) is 0 Å². The van der Waals surface area contributed by atoms with E-state index < -0.39 is 5.54 Å². The van der Waals surface area contributed by atoms with Crippen molar-refractivity contribution in [3.63, 3.8) is 0 Å². The summed E-state index contributed by atoms with van der Waals surface area (Å²) in [6.07, 6.45) is 2.97. The second-order valence-electron chi connectivity index (χ2n) is 3.82. The topological polar surface area (TPSA) is 29.4 Å². The number of hydrogen-bond acceptors (Lipinski definition) is 2. The number of aryl methyl sites for hydroxylation is 1. The number of halogens is 2. The number of isocyanates is 1. The quantitative estimate of drug-likeness (QED) is 0.599. The van der Waals surface area contributed by atoms with Crippen LogP contribution in [0.1, 0.15) is 24.0 Å². The Morgan fingerprint density at radius 2 is 2.20 bits per heavy atom. The Morgan fingerprint density at radius 3 is 2.73 bits per heavy atom. The zero-order valence-corrected chi connectivity index (χ0v) is 9.77. The van der Waals surface area contributed by atoms with Crippen molar-refractivity contribution in [1.82, 2.24) is 0 Å². The van der Waals surface area contributed by atoms with Crippen molar-refractivity contribution in [2.45, 2.75) is 25.3 Å². The lowest BCUT2D eigenvalue weighted by Crippen LogP contribution is -2.06. The predicted molar refractivity (Wildman–Crippen MR) is 57.9 cm³/mol. The van der Waals surface area contributed by atoms with Gasteiger partial charge in [-0.1, -0.05) is 15.9 Å². The Bertz CT molecular complexity index is 462. The average molecular weight is 270 g/mol. The van der Waals surface area contributed by atoms with Crippen molar-refractivity contribution < 1.29 is 9.18 Å². The molecular weight excluding hydrogens is 261 g/mol. The van der Waals surface area contributed by atoms with E-state index in [1.165, 1.54) is 12.1 Å². The van der Waals surface area contributed by atoms with Gasteiger partial charge in [0.1, 0.15) is 11.4 Å². The second-order valence-corrected chi connectivity index (χ2v) is 4.67. The summed E-state index contributed by atoms with van der Waals surface area (Å²) in [5, 5.41) is 0. The summed E-state index contributed by atoms with van der Waals surface area (Å²) in [7, 11) is 0. The predicted octanol–water partition coefficient (Wildman–Crippen LogP) is 3.22. The van der Waals surface area contributed by atoms with Gasteiger partial charge < -0.3 is 0 Å². The highest BCUT2D eigenvalue weighted by atomic mass is 79.9. The first-order chi connectivity index (χ1) is 7.09. The van der Waals surface area contributed by atoms with Crippen LogP contribution >= 0.6 is 15.9 Å². The van der Waals surface area contributed by atoms with Crippen LogP contribution in [0.25, 0.3) is 0 Å². The van der Waals surface area contributed by atoms with E-state index in [1.54, 1.807) is 6.07 Å². The molecule has 4 heteroatoms. The standard InChI is InChI=1S/C11H9BrFNO/c1-7-4-8(10(13)5-9(7)12)11(2-3-11)14-6-15/h4-5H,2-3H2,1H3. The van der Waals surface area contributed by atoms with Crippen LogP contribution in [0, 0.1) is 12.7 Å². The molecule has 0 aromatic heterocycles. The fourth-order valence-corrected chi connectivity index (χ4v) is 1.98. The Kier molecular flexibility index (Phi) is 2.49. The molecule has 15 heavy (non-hydrogen) atoms. The molecule has 1 aliphatic rings. The van der Waals surface area contributed by atoms with E-state index in [2.05, 4.69) is 20.9 Å². The van der Waals surface area contributed by atoms with Crippen molar-refractivity contribution in [2.24, 2.45) is 4.99 Å². The molecule has 0 amide bonds. The van der Waals surface area contributed by atoms with Gasteiger partial charge in [0.2, 0.25) is 6.08 Å². The third-order valence-electron chi connectivity index (χ3n) is 2.73. The minimum atomic E-state index is -0.628. The van der Waals surface area contributed by atoms with Crippen molar-refractivity contribution in [2.75, 3.05) is 0 Å². The number of benzene rings is 1. The van der Waals surface area contributed by atoms with Crippen LogP contribution in [-0.2, 0) is 10.3 Å². The van der Waals surface area contributed by atoms with E-state index in [0.717, 1.165) is 22.9 Å². The van der Waals surface area contributed by atoms with Crippen LogP contribution in [0.2, 0.25) is 0 Å². The summed E-state index contributed by atoms with van der Waals surface area (Å²) in [5.41, 5.74) is 0.822. The first-order valence-corrected chi connectivity index (χ1v) is 5.43. The van der Waals surface area contributed by atoms with E-state index in [4.69, 9.17) is 0 Å². The van der Waals surface area contributed by atoms with Crippen molar-refractivity contribution >= 4 is 22.0 Å². The number of rotatable bonds is 2. The van der Waals surface area contributed by atoms with Gasteiger partial charge in [-0.15, -0.1) is 0 Å². The molecule has 0 atom stereocenters. The normalized spacial score (nSPS) is 17.0. The highest BCUT2D eigenvalue weighted by molar-refractivity contribution is 9.10. The SMILES string of the molecule is Cc1cc(C2(N=C=O)CC2)c(F)cc1Br. The van der Waals surface area contributed by atoms with Crippen LogP contribution in [0.4, 0.5) is 4.39 Å². The third-order valence-corrected chi connectivity index (χ3v) is 3.59. The van der Waals surface area contributed by atoms with Crippen molar-refractivity contribution in [3.8, 4) is 0 Å². The zero-order chi connectivity index (χ0) is 11.1. The number of carbonyl (C=O) groups excluding carboxylic acids is 1. The molecule has 0 aliphatic heterocycles. The first kappa shape index (κ1) is 10.5. The Balaban J connectivity index is 2.54. The highest BCUT2D eigenvalue weighted by Gasteiger charge is 2.46. The molecule has 0 saturated heterocycles. The molecule has 0 bridgehead atoms. The summed E-state index contributed by atoms with van der Waals surface area (Å²) in [5.74, 6) is -0.316. The average Bonchev–Trinajstić information content (AvgIpc) is 2.93. The summed E-state index contributed by atoms with van der Waals surface area (Å²) < 4.78 is 14.4. The van der Waals surface area contributed by atoms with E-state index in [9.17, 15) is 9.18 Å². The van der Waals surface area contributed by atoms with Crippen LogP contribution in [-0.4, -0.2) is 6.08 Å². The maximum absolute atomic E-state index is 13.7. The lowest BCUT2D eigenvalue weighted by atomic mass is 10.0. The van der Waals surface area contributed by atoms with E-state index in [0.29, 0.717) is 5.56 Å². The van der Waals surface area contributed by atoms with Gasteiger partial charge in [-0.05, 0) is 37.5 Å². The van der Waals surface area contributed by atoms with Gasteiger partial charge in [0.05, 0.1) is 0 Å². The molecule has 78 valence electrons. The van der Waals surface area contributed by atoms with Gasteiger partial charge in [-0.25, -0.2) is 9.18 Å². The molecule has 1 fully saturated rings. The maximum atomic E-state index is 13.7. The molecule has 2 rings (SSSR count). The number of nitrogens with zero attached hydrogens (tertiary/aromatic N) is 1. The van der Waals surface area contributed by atoms with E-state index in [1.807, 2.05) is 6.92 Å². The largest absolute Gasteiger partial charge is 0.235 e. The van der Waals surface area contributed by atoms with Crippen LogP contribution in [0.3, 0.4) is 0 Å². The first-order valence-electron chi connectivity index (χ1n) is 4.64. The molecular formula is C11H9BrFNO. The monoisotopic (exact) mass is 269 g/mol. The summed E-state index contributed by atoms with van der Waals surface area (Å²) in [6, 6.07) is 3.16. The van der Waals surface area contributed by atoms with Crippen LogP contribution in [0.5, 0.6) is 0 Å². The zero-order valence-electron chi connectivity index (χ0n) is 8.18. The minimum absolute atomic E-state index is 0.316. The Morgan fingerprint density at radius 1 is 1.53 bits per heavy atom. The van der Waals surface area contributed by atoms with Crippen LogP contribution < -0.4 is 0 Å². The van der Waals surface area contributed by atoms with Gasteiger partial charge in [-0.3, -0.25) is 0 Å². The van der Waals surface area contributed by atoms with E-state index in [-0.39, 0.29) is 5.82 Å². The molecule has 1 aromatic rings. The molecule has 2 nitrogen and oxygen atoms in total. The summed E-state index contributed by atoms with van der Waals surface area (Å²) in [4.78, 5) is 14.0. The van der Waals surface area contributed by atoms with Gasteiger partial charge in [0.15, 0.2) is 0 Å². The fraction of sp³-hybridized carbons (Fsp3) is 0.364. The Hall–Kier alpha value is -0.990. The molecule has 0 N–H and O–H groups in total. The minimum Gasteiger partial charge on any atom is -0.211 e. The lowest BCUT2D eigenvalue weighted by molar-refractivity contribution is 0.547. The summed E-state index contributed by atoms with van der Waals surface area (Å²) in [6.45, 7) is 1.88. The third kappa shape index (κ3) is 1.75. The van der Waals surface area contributed by atoms with Gasteiger partial charge in [0.25, 0.3) is 0 Å². The van der Waals surface area contributed by atoms with Gasteiger partial charge >= 0.3 is 0 Å². The lowest BCUT2D eigenvalue weighted by Gasteiger charge is -2.11. The second kappa shape index (κ2) is 3.54.